The van der Waals surface area contributed by atoms with Gasteiger partial charge in [0.15, 0.2) is 11.6 Å². The Hall–Kier alpha value is -3.90. The van der Waals surface area contributed by atoms with Gasteiger partial charge in [-0.25, -0.2) is 9.97 Å². The smallest absolute Gasteiger partial charge is 0.223 e. The average Bonchev–Trinajstić information content (AvgIpc) is 3.76. The van der Waals surface area contributed by atoms with Crippen molar-refractivity contribution in [2.24, 2.45) is 0 Å². The predicted molar refractivity (Wildman–Crippen MR) is 159 cm³/mol. The predicted octanol–water partition coefficient (Wildman–Crippen LogP) is 5.52. The number of hydrogen-bond acceptors (Lipinski definition) is 18. The van der Waals surface area contributed by atoms with Crippen LogP contribution in [0.1, 0.15) is 66.9 Å². The van der Waals surface area contributed by atoms with E-state index in [4.69, 9.17) is 4.42 Å². The first-order valence-electron chi connectivity index (χ1n) is 12.3. The van der Waals surface area contributed by atoms with Crippen LogP contribution in [0.15, 0.2) is 13.5 Å². The minimum absolute atomic E-state index is 0.623. The number of aromatic nitrogens is 12. The first kappa shape index (κ1) is 36.1. The lowest BCUT2D eigenvalue weighted by molar-refractivity contribution is 0.389. The maximum absolute atomic E-state index is 4.86. The molecular weight excluding hydrogens is 601 g/mol. The number of aryl methyl sites for hydroxylation is 12. The zero-order chi connectivity index (χ0) is 31.7. The molecule has 0 radical (unpaired) electrons. The molecule has 0 fully saturated rings. The van der Waals surface area contributed by atoms with Crippen molar-refractivity contribution in [3.05, 3.63) is 66.9 Å². The van der Waals surface area contributed by atoms with E-state index in [0.717, 1.165) is 31.7 Å². The third-order valence-corrected chi connectivity index (χ3v) is 5.95. The van der Waals surface area contributed by atoms with Gasteiger partial charge in [-0.2, -0.15) is 18.7 Å². The van der Waals surface area contributed by atoms with E-state index in [0.29, 0.717) is 35.2 Å². The lowest BCUT2D eigenvalue weighted by Gasteiger charge is -1.70. The zero-order valence-electron chi connectivity index (χ0n) is 25.8. The van der Waals surface area contributed by atoms with Gasteiger partial charge in [0.1, 0.15) is 31.7 Å². The topological polar surface area (TPSA) is 194 Å². The average molecular weight is 637 g/mol. The summed E-state index contributed by atoms with van der Waals surface area (Å²) in [5.41, 5.74) is 0. The van der Waals surface area contributed by atoms with Gasteiger partial charge in [0, 0.05) is 27.7 Å². The highest BCUT2D eigenvalue weighted by Gasteiger charge is 1.92. The van der Waals surface area contributed by atoms with Gasteiger partial charge in [-0.15, -0.1) is 31.7 Å². The monoisotopic (exact) mass is 636 g/mol. The van der Waals surface area contributed by atoms with Gasteiger partial charge in [-0.3, -0.25) is 0 Å². The Morgan fingerprint density at radius 1 is 0.405 bits per heavy atom. The Bertz CT molecular complexity index is 1150. The first-order valence-corrected chi connectivity index (χ1v) is 14.7. The SMILES string of the molecule is Cc1nnc(C)o1.Cc1nnc(C)s1.Cc1noc(C)n1.Cc1noc(C)n1.Cc1nsc(C)n1.Cc1nsc(C)n1. The van der Waals surface area contributed by atoms with E-state index in [1.54, 1.807) is 52.9 Å². The lowest BCUT2D eigenvalue weighted by atomic mass is 10.7. The molecule has 0 saturated carbocycles. The van der Waals surface area contributed by atoms with E-state index in [2.05, 4.69) is 68.4 Å². The molecule has 0 aromatic carbocycles. The van der Waals surface area contributed by atoms with Crippen molar-refractivity contribution < 1.29 is 13.5 Å². The molecule has 6 heterocycles. The summed E-state index contributed by atoms with van der Waals surface area (Å²) in [5, 5.41) is 26.0. The molecule has 228 valence electrons. The van der Waals surface area contributed by atoms with Gasteiger partial charge in [0.2, 0.25) is 23.6 Å². The maximum atomic E-state index is 4.86. The third-order valence-electron chi connectivity index (χ3n) is 3.77. The largest absolute Gasteiger partial charge is 0.426 e. The maximum Gasteiger partial charge on any atom is 0.223 e. The highest BCUT2D eigenvalue weighted by Crippen LogP contribution is 2.04. The van der Waals surface area contributed by atoms with E-state index in [-0.39, 0.29) is 0 Å². The van der Waals surface area contributed by atoms with Crippen LogP contribution >= 0.6 is 34.4 Å². The molecular formula is C24H36N12O3S3. The Labute approximate surface area is 256 Å². The molecule has 0 saturated heterocycles. The quantitative estimate of drug-likeness (QED) is 0.202. The molecule has 0 aliphatic carbocycles. The Balaban J connectivity index is 0.000000252. The molecule has 6 aromatic rings. The second-order valence-electron chi connectivity index (χ2n) is 8.12. The van der Waals surface area contributed by atoms with Crippen molar-refractivity contribution >= 4 is 34.4 Å². The molecule has 6 aromatic heterocycles. The van der Waals surface area contributed by atoms with Crippen molar-refractivity contribution in [2.45, 2.75) is 83.1 Å². The third kappa shape index (κ3) is 17.7. The molecule has 0 amide bonds. The summed E-state index contributed by atoms with van der Waals surface area (Å²) in [6.07, 6.45) is 0. The molecule has 0 spiro atoms. The first-order chi connectivity index (χ1) is 19.7. The fourth-order valence-corrected chi connectivity index (χ4v) is 3.94. The van der Waals surface area contributed by atoms with Crippen LogP contribution < -0.4 is 0 Å². The molecule has 0 atom stereocenters. The van der Waals surface area contributed by atoms with E-state index in [9.17, 15) is 0 Å². The minimum atomic E-state index is 0.623. The van der Waals surface area contributed by atoms with Crippen LogP contribution in [0.3, 0.4) is 0 Å². The molecule has 18 heteroatoms. The van der Waals surface area contributed by atoms with Crippen LogP contribution in [0.25, 0.3) is 0 Å². The molecule has 0 unspecified atom stereocenters. The Morgan fingerprint density at radius 3 is 0.881 bits per heavy atom. The fraction of sp³-hybridized carbons (Fsp3) is 0.500. The molecule has 0 bridgehead atoms. The Morgan fingerprint density at radius 2 is 0.786 bits per heavy atom. The highest BCUT2D eigenvalue weighted by atomic mass is 32.1. The van der Waals surface area contributed by atoms with Crippen molar-refractivity contribution in [3.63, 3.8) is 0 Å². The van der Waals surface area contributed by atoms with E-state index in [1.165, 1.54) is 23.1 Å². The van der Waals surface area contributed by atoms with Crippen LogP contribution in [0.4, 0.5) is 0 Å². The number of hydrogen-bond donors (Lipinski definition) is 0. The highest BCUT2D eigenvalue weighted by molar-refractivity contribution is 7.11. The molecule has 42 heavy (non-hydrogen) atoms. The van der Waals surface area contributed by atoms with Gasteiger partial charge >= 0.3 is 0 Å². The summed E-state index contributed by atoms with van der Waals surface area (Å²) >= 11 is 4.51. The standard InChI is InChI=1S/3C4H6N2O.3C4H6N2S/c1-3-5-6-4(2)7-3;2*1-3-5-4(2)7-6-3;1-3-5-6-4(2)7-3;2*1-3-5-4(2)7-6-3/h6*1-2H3. The second-order valence-corrected chi connectivity index (χ2v) is 11.4. The Kier molecular flexibility index (Phi) is 16.6. The minimum Gasteiger partial charge on any atom is -0.426 e. The summed E-state index contributed by atoms with van der Waals surface area (Å²) in [6, 6.07) is 0. The molecule has 0 aliphatic heterocycles. The van der Waals surface area contributed by atoms with Crippen LogP contribution in [-0.2, 0) is 0 Å². The number of nitrogens with zero attached hydrogens (tertiary/aromatic N) is 12. The lowest BCUT2D eigenvalue weighted by Crippen LogP contribution is -1.70. The van der Waals surface area contributed by atoms with Gasteiger partial charge in [0.05, 0.1) is 0 Å². The van der Waals surface area contributed by atoms with Crippen molar-refractivity contribution in [3.8, 4) is 0 Å². The van der Waals surface area contributed by atoms with E-state index < -0.39 is 0 Å². The zero-order valence-corrected chi connectivity index (χ0v) is 28.3. The van der Waals surface area contributed by atoms with Gasteiger partial charge in [-0.05, 0) is 78.5 Å². The summed E-state index contributed by atoms with van der Waals surface area (Å²) in [7, 11) is 0. The molecule has 15 nitrogen and oxygen atoms in total. The molecule has 0 aliphatic rings. The normalized spacial score (nSPS) is 9.43. The van der Waals surface area contributed by atoms with Gasteiger partial charge < -0.3 is 13.5 Å². The van der Waals surface area contributed by atoms with E-state index >= 15 is 0 Å². The van der Waals surface area contributed by atoms with Crippen LogP contribution in [0.5, 0.6) is 0 Å². The number of rotatable bonds is 0. The van der Waals surface area contributed by atoms with Crippen LogP contribution in [-0.4, -0.2) is 59.4 Å². The van der Waals surface area contributed by atoms with Crippen molar-refractivity contribution in [1.82, 2.24) is 59.4 Å². The van der Waals surface area contributed by atoms with Crippen molar-refractivity contribution in [1.29, 1.82) is 0 Å². The van der Waals surface area contributed by atoms with Crippen LogP contribution in [0, 0.1) is 83.1 Å². The second kappa shape index (κ2) is 19.3. The summed E-state index contributed by atoms with van der Waals surface area (Å²) in [6.45, 7) is 22.2. The summed E-state index contributed by atoms with van der Waals surface area (Å²) in [5.74, 6) is 5.63. The molecule has 6 rings (SSSR count). The van der Waals surface area contributed by atoms with Crippen molar-refractivity contribution in [2.75, 3.05) is 0 Å². The van der Waals surface area contributed by atoms with Gasteiger partial charge in [0.25, 0.3) is 0 Å². The van der Waals surface area contributed by atoms with E-state index in [1.807, 2.05) is 41.5 Å². The summed E-state index contributed by atoms with van der Waals surface area (Å²) in [4.78, 5) is 15.7. The van der Waals surface area contributed by atoms with Gasteiger partial charge in [-0.1, -0.05) is 10.3 Å². The van der Waals surface area contributed by atoms with Crippen LogP contribution in [0.2, 0.25) is 0 Å². The molecule has 0 N–H and O–H groups in total. The fourth-order valence-electron chi connectivity index (χ4n) is 2.39. The summed E-state index contributed by atoms with van der Waals surface area (Å²) < 4.78 is 22.0.